The predicted molar refractivity (Wildman–Crippen MR) is 85.9 cm³/mol. The molecule has 1 saturated carbocycles. The molecule has 0 spiro atoms. The van der Waals surface area contributed by atoms with Crippen LogP contribution in [0.1, 0.15) is 19.4 Å². The van der Waals surface area contributed by atoms with Crippen molar-refractivity contribution < 1.29 is 19.5 Å². The molecule has 2 N–H and O–H groups in total. The summed E-state index contributed by atoms with van der Waals surface area (Å²) in [5.41, 5.74) is 0.839. The van der Waals surface area contributed by atoms with Gasteiger partial charge in [0.25, 0.3) is 0 Å². The van der Waals surface area contributed by atoms with E-state index in [2.05, 4.69) is 5.32 Å². The number of amides is 2. The number of benzene rings is 1. The molecule has 2 rings (SSSR count). The van der Waals surface area contributed by atoms with Crippen LogP contribution in [0.5, 0.6) is 0 Å². The minimum atomic E-state index is -0.944. The van der Waals surface area contributed by atoms with Gasteiger partial charge < -0.3 is 15.3 Å². The number of anilines is 1. The summed E-state index contributed by atoms with van der Waals surface area (Å²) in [7, 11) is 3.38. The van der Waals surface area contributed by atoms with Gasteiger partial charge in [-0.15, -0.1) is 0 Å². The van der Waals surface area contributed by atoms with Gasteiger partial charge in [-0.1, -0.05) is 26.0 Å². The molecule has 0 saturated heterocycles. The van der Waals surface area contributed by atoms with Crippen LogP contribution in [0.25, 0.3) is 0 Å². The lowest BCUT2D eigenvalue weighted by atomic mass is 10.1. The van der Waals surface area contributed by atoms with Crippen LogP contribution in [-0.4, -0.2) is 41.9 Å². The molecule has 0 heterocycles. The van der Waals surface area contributed by atoms with E-state index in [1.54, 1.807) is 46.1 Å². The summed E-state index contributed by atoms with van der Waals surface area (Å²) in [6, 6.07) is 7.05. The number of carbonyl (C=O) groups is 3. The normalized spacial score (nSPS) is 21.4. The van der Waals surface area contributed by atoms with Crippen LogP contribution >= 0.6 is 0 Å². The number of rotatable bonds is 5. The molecule has 1 aliphatic carbocycles. The zero-order chi connectivity index (χ0) is 17.4. The molecule has 1 fully saturated rings. The minimum absolute atomic E-state index is 0.0252. The summed E-state index contributed by atoms with van der Waals surface area (Å²) in [6.07, 6.45) is 0.253. The average molecular weight is 318 g/mol. The second-order valence-corrected chi connectivity index (χ2v) is 6.77. The number of hydrogen-bond donors (Lipinski definition) is 2. The third kappa shape index (κ3) is 3.52. The molecule has 6 heteroatoms. The van der Waals surface area contributed by atoms with E-state index in [1.165, 1.54) is 4.90 Å². The van der Waals surface area contributed by atoms with Crippen LogP contribution in [0.2, 0.25) is 0 Å². The maximum Gasteiger partial charge on any atom is 0.307 e. The second-order valence-electron chi connectivity index (χ2n) is 6.77. The van der Waals surface area contributed by atoms with Gasteiger partial charge in [-0.2, -0.15) is 0 Å². The van der Waals surface area contributed by atoms with Gasteiger partial charge in [0, 0.05) is 19.8 Å². The van der Waals surface area contributed by atoms with Crippen LogP contribution in [-0.2, 0) is 20.8 Å². The highest BCUT2D eigenvalue weighted by molar-refractivity contribution is 5.99. The van der Waals surface area contributed by atoms with Gasteiger partial charge in [0.2, 0.25) is 11.8 Å². The highest BCUT2D eigenvalue weighted by atomic mass is 16.4. The molecule has 1 aromatic rings. The van der Waals surface area contributed by atoms with E-state index in [-0.39, 0.29) is 18.2 Å². The van der Waals surface area contributed by atoms with Gasteiger partial charge in [-0.25, -0.2) is 0 Å². The molecular weight excluding hydrogens is 296 g/mol. The first kappa shape index (κ1) is 17.0. The van der Waals surface area contributed by atoms with Crippen molar-refractivity contribution in [2.75, 3.05) is 19.4 Å². The number of nitrogens with one attached hydrogen (secondary N) is 1. The Morgan fingerprint density at radius 1 is 1.22 bits per heavy atom. The van der Waals surface area contributed by atoms with Gasteiger partial charge in [0.1, 0.15) is 0 Å². The molecule has 2 amide bonds. The Bertz CT molecular complexity index is 652. The summed E-state index contributed by atoms with van der Waals surface area (Å²) in [6.45, 7) is 3.56. The van der Waals surface area contributed by atoms with Gasteiger partial charge in [-0.05, 0) is 23.1 Å². The van der Waals surface area contributed by atoms with Crippen molar-refractivity contribution in [1.29, 1.82) is 0 Å². The molecule has 6 nitrogen and oxygen atoms in total. The van der Waals surface area contributed by atoms with Crippen LogP contribution < -0.4 is 5.32 Å². The standard InChI is InChI=1S/C17H22N2O4/c1-17(2)13(14(17)16(22)23)15(21)18-11-7-5-6-10(8-11)9-12(20)19(3)4/h5-8,13-14H,9H2,1-4H3,(H,18,21)(H,22,23)/t13-,14+/m1/s1. The first-order chi connectivity index (χ1) is 10.6. The average Bonchev–Trinajstić information content (AvgIpc) is 3.02. The maximum absolute atomic E-state index is 12.3. The fourth-order valence-electron chi connectivity index (χ4n) is 2.90. The Labute approximate surface area is 135 Å². The number of carboxylic acids is 1. The van der Waals surface area contributed by atoms with Crippen molar-refractivity contribution >= 4 is 23.5 Å². The third-order valence-corrected chi connectivity index (χ3v) is 4.42. The number of hydrogen-bond acceptors (Lipinski definition) is 3. The van der Waals surface area contributed by atoms with E-state index in [9.17, 15) is 14.4 Å². The fourth-order valence-corrected chi connectivity index (χ4v) is 2.90. The van der Waals surface area contributed by atoms with Crippen LogP contribution in [0, 0.1) is 17.3 Å². The minimum Gasteiger partial charge on any atom is -0.481 e. The lowest BCUT2D eigenvalue weighted by Gasteiger charge is -2.11. The van der Waals surface area contributed by atoms with E-state index in [0.717, 1.165) is 5.56 Å². The smallest absolute Gasteiger partial charge is 0.307 e. The topological polar surface area (TPSA) is 86.7 Å². The van der Waals surface area contributed by atoms with Crippen molar-refractivity contribution in [3.8, 4) is 0 Å². The number of carbonyl (C=O) groups excluding carboxylic acids is 2. The first-order valence-corrected chi connectivity index (χ1v) is 7.47. The Balaban J connectivity index is 2.05. The second kappa shape index (κ2) is 6.02. The molecule has 0 radical (unpaired) electrons. The Hall–Kier alpha value is -2.37. The summed E-state index contributed by atoms with van der Waals surface area (Å²) in [4.78, 5) is 36.7. The largest absolute Gasteiger partial charge is 0.481 e. The SMILES string of the molecule is CN(C)C(=O)Cc1cccc(NC(=O)[C@H]2[C@@H](C(=O)O)C2(C)C)c1. The summed E-state index contributed by atoms with van der Waals surface area (Å²) < 4.78 is 0. The highest BCUT2D eigenvalue weighted by Gasteiger charge is 2.65. The van der Waals surface area contributed by atoms with Crippen molar-refractivity contribution in [2.24, 2.45) is 17.3 Å². The van der Waals surface area contributed by atoms with Crippen LogP contribution in [0.4, 0.5) is 5.69 Å². The monoisotopic (exact) mass is 318 g/mol. The molecule has 0 aromatic heterocycles. The van der Waals surface area contributed by atoms with Gasteiger partial charge >= 0.3 is 5.97 Å². The molecule has 1 aliphatic rings. The van der Waals surface area contributed by atoms with E-state index in [1.807, 2.05) is 6.07 Å². The number of carboxylic acid groups (broad SMARTS) is 1. The van der Waals surface area contributed by atoms with E-state index in [4.69, 9.17) is 5.11 Å². The molecule has 124 valence electrons. The Morgan fingerprint density at radius 3 is 2.39 bits per heavy atom. The Kier molecular flexibility index (Phi) is 4.45. The van der Waals surface area contributed by atoms with Gasteiger partial charge in [0.05, 0.1) is 18.3 Å². The van der Waals surface area contributed by atoms with Crippen molar-refractivity contribution in [2.45, 2.75) is 20.3 Å². The van der Waals surface area contributed by atoms with Crippen molar-refractivity contribution in [3.63, 3.8) is 0 Å². The zero-order valence-electron chi connectivity index (χ0n) is 13.8. The predicted octanol–water partition coefficient (Wildman–Crippen LogP) is 1.61. The van der Waals surface area contributed by atoms with E-state index < -0.39 is 23.2 Å². The number of aliphatic carboxylic acids is 1. The number of nitrogens with zero attached hydrogens (tertiary/aromatic N) is 1. The molecule has 0 aliphatic heterocycles. The van der Waals surface area contributed by atoms with Gasteiger partial charge in [0.15, 0.2) is 0 Å². The lowest BCUT2D eigenvalue weighted by Crippen LogP contribution is -2.23. The summed E-state index contributed by atoms with van der Waals surface area (Å²) in [5, 5.41) is 11.9. The van der Waals surface area contributed by atoms with Gasteiger partial charge in [-0.3, -0.25) is 14.4 Å². The molecule has 1 aromatic carbocycles. The quantitative estimate of drug-likeness (QED) is 0.863. The lowest BCUT2D eigenvalue weighted by molar-refractivity contribution is -0.140. The summed E-state index contributed by atoms with van der Waals surface area (Å²) >= 11 is 0. The molecule has 0 bridgehead atoms. The van der Waals surface area contributed by atoms with Crippen molar-refractivity contribution in [1.82, 2.24) is 4.90 Å². The van der Waals surface area contributed by atoms with Crippen LogP contribution in [0.15, 0.2) is 24.3 Å². The molecule has 23 heavy (non-hydrogen) atoms. The van der Waals surface area contributed by atoms with Crippen molar-refractivity contribution in [3.05, 3.63) is 29.8 Å². The zero-order valence-corrected chi connectivity index (χ0v) is 13.8. The maximum atomic E-state index is 12.3. The molecular formula is C17H22N2O4. The molecule has 2 atom stereocenters. The van der Waals surface area contributed by atoms with E-state index >= 15 is 0 Å². The fraction of sp³-hybridized carbons (Fsp3) is 0.471. The summed E-state index contributed by atoms with van der Waals surface area (Å²) in [5.74, 6) is -2.45. The third-order valence-electron chi connectivity index (χ3n) is 4.42. The molecule has 0 unspecified atom stereocenters. The highest BCUT2D eigenvalue weighted by Crippen LogP contribution is 2.58. The van der Waals surface area contributed by atoms with E-state index in [0.29, 0.717) is 5.69 Å². The first-order valence-electron chi connectivity index (χ1n) is 7.47. The number of likely N-dealkylation sites (N-methyl/N-ethyl adjacent to an activating group) is 1. The van der Waals surface area contributed by atoms with Crippen LogP contribution in [0.3, 0.4) is 0 Å². The Morgan fingerprint density at radius 2 is 1.87 bits per heavy atom.